The quantitative estimate of drug-likeness (QED) is 0.482. The third kappa shape index (κ3) is 0.724. The highest BCUT2D eigenvalue weighted by atomic mass is 15.1. The monoisotopic (exact) mass is 148 g/mol. The molecule has 0 radical (unpaired) electrons. The molecule has 2 aromatic rings. The molecule has 0 spiro atoms. The number of hydrogen-bond donors (Lipinski definition) is 3. The number of nitrogens with one attached hydrogen (secondary N) is 1. The maximum Gasteiger partial charge on any atom is 0.0672 e. The number of nitrogen functional groups attached to an aromatic ring is 2. The first-order valence-corrected chi connectivity index (χ1v) is 3.26. The van der Waals surface area contributed by atoms with Crippen LogP contribution in [-0.4, -0.2) is 10.2 Å². The Morgan fingerprint density at radius 2 is 2.09 bits per heavy atom. The zero-order valence-corrected chi connectivity index (χ0v) is 5.83. The Balaban J connectivity index is 2.93. The van der Waals surface area contributed by atoms with Crippen molar-refractivity contribution in [2.24, 2.45) is 0 Å². The molecule has 4 nitrogen and oxygen atoms in total. The Morgan fingerprint density at radius 3 is 2.91 bits per heavy atom. The van der Waals surface area contributed by atoms with Crippen LogP contribution >= 0.6 is 0 Å². The summed E-state index contributed by atoms with van der Waals surface area (Å²) >= 11 is 0. The molecule has 0 atom stereocenters. The fourth-order valence-corrected chi connectivity index (χ4v) is 1.06. The molecule has 0 saturated carbocycles. The molecular weight excluding hydrogens is 140 g/mol. The first-order chi connectivity index (χ1) is 5.29. The second-order valence-corrected chi connectivity index (χ2v) is 2.40. The number of nitrogens with two attached hydrogens (primary N) is 2. The van der Waals surface area contributed by atoms with Crippen LogP contribution in [0.25, 0.3) is 10.9 Å². The highest BCUT2D eigenvalue weighted by Crippen LogP contribution is 2.24. The van der Waals surface area contributed by atoms with Crippen LogP contribution in [0.3, 0.4) is 0 Å². The molecule has 0 bridgehead atoms. The van der Waals surface area contributed by atoms with Gasteiger partial charge in [-0.15, -0.1) is 0 Å². The zero-order valence-electron chi connectivity index (χ0n) is 5.83. The van der Waals surface area contributed by atoms with Crippen LogP contribution in [-0.2, 0) is 0 Å². The van der Waals surface area contributed by atoms with Crippen LogP contribution in [0.15, 0.2) is 18.3 Å². The molecule has 0 aliphatic heterocycles. The van der Waals surface area contributed by atoms with E-state index in [9.17, 15) is 0 Å². The highest BCUT2D eigenvalue weighted by molar-refractivity contribution is 5.95. The van der Waals surface area contributed by atoms with Crippen molar-refractivity contribution in [2.75, 3.05) is 11.5 Å². The van der Waals surface area contributed by atoms with E-state index in [0.717, 1.165) is 10.9 Å². The normalized spacial score (nSPS) is 10.5. The van der Waals surface area contributed by atoms with Crippen molar-refractivity contribution in [1.82, 2.24) is 10.2 Å². The van der Waals surface area contributed by atoms with Crippen molar-refractivity contribution < 1.29 is 0 Å². The van der Waals surface area contributed by atoms with Gasteiger partial charge in [-0.3, -0.25) is 5.10 Å². The number of nitrogens with zero attached hydrogens (tertiary/aromatic N) is 1. The van der Waals surface area contributed by atoms with Crippen LogP contribution < -0.4 is 11.5 Å². The first-order valence-electron chi connectivity index (χ1n) is 3.26. The second kappa shape index (κ2) is 1.88. The molecule has 1 heterocycles. The molecule has 0 amide bonds. The predicted molar refractivity (Wildman–Crippen MR) is 44.9 cm³/mol. The van der Waals surface area contributed by atoms with Gasteiger partial charge in [-0.1, -0.05) is 0 Å². The Kier molecular flexibility index (Phi) is 1.03. The summed E-state index contributed by atoms with van der Waals surface area (Å²) in [7, 11) is 0. The fraction of sp³-hybridized carbons (Fsp3) is 0. The Bertz CT molecular complexity index is 390. The van der Waals surface area contributed by atoms with Gasteiger partial charge in [0.15, 0.2) is 0 Å². The molecule has 0 aliphatic carbocycles. The zero-order chi connectivity index (χ0) is 7.84. The van der Waals surface area contributed by atoms with Crippen molar-refractivity contribution in [3.05, 3.63) is 18.3 Å². The molecule has 1 aromatic heterocycles. The molecule has 0 fully saturated rings. The lowest BCUT2D eigenvalue weighted by molar-refractivity contribution is 1.12. The van der Waals surface area contributed by atoms with Gasteiger partial charge in [0.25, 0.3) is 0 Å². The summed E-state index contributed by atoms with van der Waals surface area (Å²) < 4.78 is 0. The Morgan fingerprint density at radius 1 is 1.27 bits per heavy atom. The minimum atomic E-state index is 0.594. The summed E-state index contributed by atoms with van der Waals surface area (Å²) in [5.74, 6) is 0. The molecular formula is C7H8N4. The lowest BCUT2D eigenvalue weighted by Crippen LogP contribution is -1.93. The number of H-pyrrole nitrogens is 1. The number of hydrogen-bond acceptors (Lipinski definition) is 3. The average Bonchev–Trinajstić information content (AvgIpc) is 2.45. The van der Waals surface area contributed by atoms with Crippen molar-refractivity contribution in [1.29, 1.82) is 0 Å². The van der Waals surface area contributed by atoms with Gasteiger partial charge in [0.05, 0.1) is 23.1 Å². The molecule has 0 aliphatic rings. The Hall–Kier alpha value is -1.71. The van der Waals surface area contributed by atoms with Crippen molar-refractivity contribution in [2.45, 2.75) is 0 Å². The molecule has 5 N–H and O–H groups in total. The average molecular weight is 148 g/mol. The van der Waals surface area contributed by atoms with E-state index in [1.54, 1.807) is 12.3 Å². The van der Waals surface area contributed by atoms with Gasteiger partial charge < -0.3 is 11.5 Å². The van der Waals surface area contributed by atoms with Crippen LogP contribution in [0.4, 0.5) is 11.4 Å². The maximum atomic E-state index is 5.68. The standard InChI is InChI=1S/C7H8N4/c8-5-1-2-6-4(7(5)9)3-10-11-6/h1-3H,8-9H2,(H,10,11). The predicted octanol–water partition coefficient (Wildman–Crippen LogP) is 0.727. The van der Waals surface area contributed by atoms with Gasteiger partial charge in [0.1, 0.15) is 0 Å². The molecule has 0 unspecified atom stereocenters. The van der Waals surface area contributed by atoms with Crippen LogP contribution in [0, 0.1) is 0 Å². The number of rotatable bonds is 0. The van der Waals surface area contributed by atoms with Crippen LogP contribution in [0.2, 0.25) is 0 Å². The molecule has 56 valence electrons. The molecule has 11 heavy (non-hydrogen) atoms. The van der Waals surface area contributed by atoms with Crippen molar-refractivity contribution in [3.8, 4) is 0 Å². The topological polar surface area (TPSA) is 80.7 Å². The van der Waals surface area contributed by atoms with E-state index in [-0.39, 0.29) is 0 Å². The summed E-state index contributed by atoms with van der Waals surface area (Å²) in [6.45, 7) is 0. The Labute approximate surface area is 63.2 Å². The number of aromatic amines is 1. The molecule has 4 heteroatoms. The van der Waals surface area contributed by atoms with Gasteiger partial charge >= 0.3 is 0 Å². The van der Waals surface area contributed by atoms with E-state index in [1.807, 2.05) is 6.07 Å². The third-order valence-corrected chi connectivity index (χ3v) is 1.70. The highest BCUT2D eigenvalue weighted by Gasteiger charge is 2.01. The SMILES string of the molecule is Nc1ccc2[nH]ncc2c1N. The summed E-state index contributed by atoms with van der Waals surface area (Å²) in [6.07, 6.45) is 1.67. The van der Waals surface area contributed by atoms with Crippen LogP contribution in [0.5, 0.6) is 0 Å². The molecule has 2 rings (SSSR count). The lowest BCUT2D eigenvalue weighted by Gasteiger charge is -1.98. The number of aromatic nitrogens is 2. The van der Waals surface area contributed by atoms with E-state index >= 15 is 0 Å². The van der Waals surface area contributed by atoms with Gasteiger partial charge in [0, 0.05) is 5.39 Å². The summed E-state index contributed by atoms with van der Waals surface area (Å²) in [5.41, 5.74) is 13.4. The van der Waals surface area contributed by atoms with E-state index in [4.69, 9.17) is 11.5 Å². The summed E-state index contributed by atoms with van der Waals surface area (Å²) in [6, 6.07) is 3.61. The second-order valence-electron chi connectivity index (χ2n) is 2.40. The minimum absolute atomic E-state index is 0.594. The van der Waals surface area contributed by atoms with E-state index < -0.39 is 0 Å². The van der Waals surface area contributed by atoms with Crippen molar-refractivity contribution >= 4 is 22.3 Å². The molecule has 1 aromatic carbocycles. The third-order valence-electron chi connectivity index (χ3n) is 1.70. The summed E-state index contributed by atoms with van der Waals surface area (Å²) in [5, 5.41) is 7.52. The smallest absolute Gasteiger partial charge is 0.0672 e. The van der Waals surface area contributed by atoms with Crippen LogP contribution in [0.1, 0.15) is 0 Å². The van der Waals surface area contributed by atoms with E-state index in [0.29, 0.717) is 11.4 Å². The number of benzene rings is 1. The van der Waals surface area contributed by atoms with Gasteiger partial charge in [-0.25, -0.2) is 0 Å². The molecule has 0 saturated heterocycles. The largest absolute Gasteiger partial charge is 0.397 e. The lowest BCUT2D eigenvalue weighted by atomic mass is 10.2. The minimum Gasteiger partial charge on any atom is -0.397 e. The van der Waals surface area contributed by atoms with Gasteiger partial charge in [-0.2, -0.15) is 5.10 Å². The van der Waals surface area contributed by atoms with Crippen molar-refractivity contribution in [3.63, 3.8) is 0 Å². The van der Waals surface area contributed by atoms with Gasteiger partial charge in [0.2, 0.25) is 0 Å². The fourth-order valence-electron chi connectivity index (χ4n) is 1.06. The van der Waals surface area contributed by atoms with E-state index in [1.165, 1.54) is 0 Å². The van der Waals surface area contributed by atoms with Gasteiger partial charge in [-0.05, 0) is 12.1 Å². The summed E-state index contributed by atoms with van der Waals surface area (Å²) in [4.78, 5) is 0. The maximum absolute atomic E-state index is 5.68. The number of fused-ring (bicyclic) bond motifs is 1. The number of anilines is 2. The van der Waals surface area contributed by atoms with E-state index in [2.05, 4.69) is 10.2 Å². The first kappa shape index (κ1) is 6.03.